The predicted octanol–water partition coefficient (Wildman–Crippen LogP) is 2.46. The van der Waals surface area contributed by atoms with Gasteiger partial charge in [0.25, 0.3) is 0 Å². The Hall–Kier alpha value is -1.93. The lowest BCUT2D eigenvalue weighted by Gasteiger charge is -2.36. The quantitative estimate of drug-likeness (QED) is 0.639. The zero-order valence-electron chi connectivity index (χ0n) is 16.0. The van der Waals surface area contributed by atoms with Crippen molar-refractivity contribution in [2.75, 3.05) is 33.2 Å². The fourth-order valence-corrected chi connectivity index (χ4v) is 3.85. The number of hydrogen-bond acceptors (Lipinski definition) is 6. The van der Waals surface area contributed by atoms with Gasteiger partial charge in [0.2, 0.25) is 0 Å². The average molecular weight is 377 g/mol. The zero-order chi connectivity index (χ0) is 18.5. The SMILES string of the molecule is CN=C(NCc1csc(C(C)C)n1)N1CCN(Cc2cc(C)on2)CC1. The number of hydrogen-bond donors (Lipinski definition) is 1. The Morgan fingerprint density at radius 3 is 2.65 bits per heavy atom. The van der Waals surface area contributed by atoms with Crippen LogP contribution in [0.4, 0.5) is 0 Å². The molecule has 26 heavy (non-hydrogen) atoms. The lowest BCUT2D eigenvalue weighted by atomic mass is 10.2. The topological polar surface area (TPSA) is 69.8 Å². The van der Waals surface area contributed by atoms with Crippen molar-refractivity contribution in [3.05, 3.63) is 33.6 Å². The van der Waals surface area contributed by atoms with E-state index in [1.807, 2.05) is 20.0 Å². The largest absolute Gasteiger partial charge is 0.361 e. The van der Waals surface area contributed by atoms with Crippen molar-refractivity contribution in [2.24, 2.45) is 4.99 Å². The molecule has 3 heterocycles. The molecule has 1 fully saturated rings. The molecule has 1 aliphatic rings. The van der Waals surface area contributed by atoms with Gasteiger partial charge in [0.05, 0.1) is 22.9 Å². The first-order valence-corrected chi connectivity index (χ1v) is 9.97. The van der Waals surface area contributed by atoms with E-state index in [4.69, 9.17) is 4.52 Å². The van der Waals surface area contributed by atoms with Crippen LogP contribution >= 0.6 is 11.3 Å². The van der Waals surface area contributed by atoms with Crippen molar-refractivity contribution in [2.45, 2.75) is 39.8 Å². The highest BCUT2D eigenvalue weighted by Gasteiger charge is 2.20. The van der Waals surface area contributed by atoms with Crippen LogP contribution in [0, 0.1) is 6.92 Å². The number of thiazole rings is 1. The van der Waals surface area contributed by atoms with E-state index >= 15 is 0 Å². The van der Waals surface area contributed by atoms with Gasteiger partial charge in [-0.15, -0.1) is 11.3 Å². The van der Waals surface area contributed by atoms with Gasteiger partial charge in [0.1, 0.15) is 5.76 Å². The summed E-state index contributed by atoms with van der Waals surface area (Å²) in [5, 5.41) is 10.9. The van der Waals surface area contributed by atoms with Crippen molar-refractivity contribution in [1.82, 2.24) is 25.3 Å². The van der Waals surface area contributed by atoms with Crippen molar-refractivity contribution in [1.29, 1.82) is 0 Å². The summed E-state index contributed by atoms with van der Waals surface area (Å²) in [4.78, 5) is 13.8. The Kier molecular flexibility index (Phi) is 6.26. The standard InChI is InChI=1S/C18H28N6OS/c1-13(2)17-21-16(12-26-17)10-20-18(19-4)24-7-5-23(6-8-24)11-15-9-14(3)25-22-15/h9,12-13H,5-8,10-11H2,1-4H3,(H,19,20). The van der Waals surface area contributed by atoms with Crippen LogP contribution in [0.1, 0.15) is 41.9 Å². The Morgan fingerprint density at radius 2 is 2.08 bits per heavy atom. The zero-order valence-corrected chi connectivity index (χ0v) is 16.8. The highest BCUT2D eigenvalue weighted by Crippen LogP contribution is 2.19. The van der Waals surface area contributed by atoms with Crippen LogP contribution in [0.25, 0.3) is 0 Å². The molecular weight excluding hydrogens is 348 g/mol. The van der Waals surface area contributed by atoms with E-state index in [0.29, 0.717) is 12.5 Å². The van der Waals surface area contributed by atoms with Crippen LogP contribution in [-0.4, -0.2) is 59.1 Å². The molecule has 0 aromatic carbocycles. The van der Waals surface area contributed by atoms with Crippen LogP contribution in [0.2, 0.25) is 0 Å². The number of aliphatic imine (C=N–C) groups is 1. The van der Waals surface area contributed by atoms with Gasteiger partial charge >= 0.3 is 0 Å². The van der Waals surface area contributed by atoms with E-state index in [9.17, 15) is 0 Å². The molecule has 8 heteroatoms. The third-order valence-electron chi connectivity index (χ3n) is 4.44. The maximum absolute atomic E-state index is 5.15. The van der Waals surface area contributed by atoms with Crippen molar-refractivity contribution < 1.29 is 4.52 Å². The summed E-state index contributed by atoms with van der Waals surface area (Å²) < 4.78 is 5.15. The predicted molar refractivity (Wildman–Crippen MR) is 104 cm³/mol. The molecule has 0 bridgehead atoms. The number of nitrogens with zero attached hydrogens (tertiary/aromatic N) is 5. The van der Waals surface area contributed by atoms with E-state index in [1.165, 1.54) is 5.01 Å². The molecule has 3 rings (SSSR count). The number of rotatable bonds is 5. The van der Waals surface area contributed by atoms with Crippen molar-refractivity contribution >= 4 is 17.3 Å². The summed E-state index contributed by atoms with van der Waals surface area (Å²) >= 11 is 1.73. The minimum absolute atomic E-state index is 0.481. The molecule has 1 aliphatic heterocycles. The number of guanidine groups is 1. The molecule has 142 valence electrons. The second-order valence-electron chi connectivity index (χ2n) is 6.92. The summed E-state index contributed by atoms with van der Waals surface area (Å²) in [6.45, 7) is 11.7. The number of aryl methyl sites for hydroxylation is 1. The summed E-state index contributed by atoms with van der Waals surface area (Å²) in [5.41, 5.74) is 2.09. The van der Waals surface area contributed by atoms with E-state index in [0.717, 1.165) is 55.8 Å². The molecule has 0 spiro atoms. The van der Waals surface area contributed by atoms with E-state index in [1.54, 1.807) is 11.3 Å². The minimum Gasteiger partial charge on any atom is -0.361 e. The van der Waals surface area contributed by atoms with Gasteiger partial charge in [-0.2, -0.15) is 0 Å². The first kappa shape index (κ1) is 18.8. The normalized spacial score (nSPS) is 16.5. The van der Waals surface area contributed by atoms with Crippen LogP contribution in [0.5, 0.6) is 0 Å². The van der Waals surface area contributed by atoms with E-state index in [2.05, 4.69) is 49.5 Å². The first-order valence-electron chi connectivity index (χ1n) is 9.09. The molecule has 1 saturated heterocycles. The van der Waals surface area contributed by atoms with Gasteiger partial charge in [0, 0.05) is 57.1 Å². The number of nitrogens with one attached hydrogen (secondary N) is 1. The third kappa shape index (κ3) is 4.82. The first-order chi connectivity index (χ1) is 12.5. The van der Waals surface area contributed by atoms with Crippen LogP contribution in [-0.2, 0) is 13.1 Å². The maximum Gasteiger partial charge on any atom is 0.194 e. The Bertz CT molecular complexity index is 730. The molecule has 2 aromatic rings. The molecule has 1 N–H and O–H groups in total. The Balaban J connectivity index is 1.47. The average Bonchev–Trinajstić information content (AvgIpc) is 3.26. The highest BCUT2D eigenvalue weighted by atomic mass is 32.1. The molecule has 0 radical (unpaired) electrons. The molecule has 0 unspecified atom stereocenters. The molecule has 0 atom stereocenters. The smallest absolute Gasteiger partial charge is 0.194 e. The molecular formula is C18H28N6OS. The van der Waals surface area contributed by atoms with E-state index < -0.39 is 0 Å². The Morgan fingerprint density at radius 1 is 1.31 bits per heavy atom. The third-order valence-corrected chi connectivity index (χ3v) is 5.63. The van der Waals surface area contributed by atoms with Crippen LogP contribution < -0.4 is 5.32 Å². The molecule has 7 nitrogen and oxygen atoms in total. The van der Waals surface area contributed by atoms with Gasteiger partial charge in [0.15, 0.2) is 5.96 Å². The molecule has 2 aromatic heterocycles. The monoisotopic (exact) mass is 376 g/mol. The van der Waals surface area contributed by atoms with Gasteiger partial charge in [-0.25, -0.2) is 4.98 Å². The Labute approximate surface area is 159 Å². The lowest BCUT2D eigenvalue weighted by Crippen LogP contribution is -2.52. The van der Waals surface area contributed by atoms with Crippen LogP contribution in [0.3, 0.4) is 0 Å². The van der Waals surface area contributed by atoms with Crippen molar-refractivity contribution in [3.63, 3.8) is 0 Å². The van der Waals surface area contributed by atoms with Gasteiger partial charge < -0.3 is 14.7 Å². The molecule has 0 aliphatic carbocycles. The van der Waals surface area contributed by atoms with Crippen LogP contribution in [0.15, 0.2) is 21.0 Å². The minimum atomic E-state index is 0.481. The fourth-order valence-electron chi connectivity index (χ4n) is 3.01. The van der Waals surface area contributed by atoms with E-state index in [-0.39, 0.29) is 0 Å². The second-order valence-corrected chi connectivity index (χ2v) is 7.81. The fraction of sp³-hybridized carbons (Fsp3) is 0.611. The second kappa shape index (κ2) is 8.64. The summed E-state index contributed by atoms with van der Waals surface area (Å²) in [7, 11) is 1.84. The summed E-state index contributed by atoms with van der Waals surface area (Å²) in [6.07, 6.45) is 0. The lowest BCUT2D eigenvalue weighted by molar-refractivity contribution is 0.169. The van der Waals surface area contributed by atoms with Gasteiger partial charge in [-0.1, -0.05) is 19.0 Å². The number of aromatic nitrogens is 2. The number of piperazine rings is 1. The molecule has 0 amide bonds. The van der Waals surface area contributed by atoms with Crippen molar-refractivity contribution in [3.8, 4) is 0 Å². The summed E-state index contributed by atoms with van der Waals surface area (Å²) in [6, 6.07) is 2.01. The highest BCUT2D eigenvalue weighted by molar-refractivity contribution is 7.09. The van der Waals surface area contributed by atoms with Gasteiger partial charge in [-0.3, -0.25) is 9.89 Å². The molecule has 0 saturated carbocycles. The summed E-state index contributed by atoms with van der Waals surface area (Å²) in [5.74, 6) is 2.29. The van der Waals surface area contributed by atoms with Gasteiger partial charge in [-0.05, 0) is 6.92 Å². The maximum atomic E-state index is 5.15.